The molecular weight excluding hydrogens is 234 g/mol. The third-order valence-corrected chi connectivity index (χ3v) is 2.97. The first-order chi connectivity index (χ1) is 8.43. The highest BCUT2D eigenvalue weighted by Crippen LogP contribution is 2.12. The van der Waals surface area contributed by atoms with Crippen LogP contribution in [-0.2, 0) is 14.4 Å². The Hall–Kier alpha value is -1.43. The molecule has 6 heteroatoms. The summed E-state index contributed by atoms with van der Waals surface area (Å²) in [6, 6.07) is -0.614. The molecule has 1 rings (SSSR count). The molecule has 0 aromatic heterocycles. The topological polar surface area (TPSA) is 101 Å². The number of carbonyl (C=O) groups is 3. The van der Waals surface area contributed by atoms with Crippen molar-refractivity contribution in [1.29, 1.82) is 0 Å². The van der Waals surface area contributed by atoms with E-state index in [2.05, 4.69) is 10.6 Å². The summed E-state index contributed by atoms with van der Waals surface area (Å²) in [5.74, 6) is -0.842. The van der Waals surface area contributed by atoms with Crippen LogP contribution >= 0.6 is 0 Å². The molecule has 0 spiro atoms. The van der Waals surface area contributed by atoms with E-state index in [1.54, 1.807) is 0 Å². The van der Waals surface area contributed by atoms with Crippen molar-refractivity contribution in [1.82, 2.24) is 10.6 Å². The van der Waals surface area contributed by atoms with E-state index in [1.165, 1.54) is 0 Å². The molecule has 0 aromatic rings. The number of nitrogens with two attached hydrogens (primary N) is 1. The van der Waals surface area contributed by atoms with Crippen molar-refractivity contribution >= 4 is 17.7 Å². The zero-order valence-electron chi connectivity index (χ0n) is 10.9. The fraction of sp³-hybridized carbons (Fsp3) is 0.750. The van der Waals surface area contributed by atoms with Gasteiger partial charge in [0.2, 0.25) is 17.7 Å². The largest absolute Gasteiger partial charge is 0.344 e. The van der Waals surface area contributed by atoms with Gasteiger partial charge in [0.25, 0.3) is 0 Å². The molecular formula is C12H21N3O3. The standard InChI is InChI=1S/C12H21N3O3/c1-7(2)5-8(6-13)11(17)14-9-3-4-10(16)15-12(9)18/h7-9H,3-6,13H2,1-2H3,(H,14,17)(H,15,16,18). The van der Waals surface area contributed by atoms with Crippen LogP contribution < -0.4 is 16.4 Å². The van der Waals surface area contributed by atoms with Gasteiger partial charge in [0, 0.05) is 13.0 Å². The lowest BCUT2D eigenvalue weighted by Crippen LogP contribution is -2.54. The van der Waals surface area contributed by atoms with Crippen LogP contribution in [0.3, 0.4) is 0 Å². The van der Waals surface area contributed by atoms with Crippen molar-refractivity contribution in [2.45, 2.75) is 39.2 Å². The van der Waals surface area contributed by atoms with Crippen molar-refractivity contribution in [3.05, 3.63) is 0 Å². The van der Waals surface area contributed by atoms with Crippen LogP contribution in [-0.4, -0.2) is 30.3 Å². The van der Waals surface area contributed by atoms with Crippen molar-refractivity contribution in [3.63, 3.8) is 0 Å². The molecule has 3 amide bonds. The Balaban J connectivity index is 2.52. The summed E-state index contributed by atoms with van der Waals surface area (Å²) < 4.78 is 0. The van der Waals surface area contributed by atoms with Gasteiger partial charge in [0.15, 0.2) is 0 Å². The van der Waals surface area contributed by atoms with Crippen molar-refractivity contribution in [2.75, 3.05) is 6.54 Å². The molecule has 0 saturated carbocycles. The molecule has 4 N–H and O–H groups in total. The van der Waals surface area contributed by atoms with Crippen LogP contribution in [0.4, 0.5) is 0 Å². The average Bonchev–Trinajstić information content (AvgIpc) is 2.29. The lowest BCUT2D eigenvalue weighted by molar-refractivity contribution is -0.138. The molecule has 18 heavy (non-hydrogen) atoms. The average molecular weight is 255 g/mol. The maximum atomic E-state index is 11.9. The van der Waals surface area contributed by atoms with E-state index in [4.69, 9.17) is 5.73 Å². The van der Waals surface area contributed by atoms with Gasteiger partial charge >= 0.3 is 0 Å². The third kappa shape index (κ3) is 4.10. The molecule has 0 aliphatic carbocycles. The normalized spacial score (nSPS) is 21.7. The summed E-state index contributed by atoms with van der Waals surface area (Å²) in [5, 5.41) is 4.87. The van der Waals surface area contributed by atoms with E-state index < -0.39 is 11.9 Å². The van der Waals surface area contributed by atoms with Crippen molar-refractivity contribution < 1.29 is 14.4 Å². The maximum absolute atomic E-state index is 11.9. The van der Waals surface area contributed by atoms with Crippen molar-refractivity contribution in [3.8, 4) is 0 Å². The monoisotopic (exact) mass is 255 g/mol. The van der Waals surface area contributed by atoms with E-state index in [0.29, 0.717) is 18.8 Å². The van der Waals surface area contributed by atoms with Crippen LogP contribution in [0.1, 0.15) is 33.1 Å². The molecule has 1 aliphatic heterocycles. The summed E-state index contributed by atoms with van der Waals surface area (Å²) in [6.07, 6.45) is 1.30. The number of carbonyl (C=O) groups excluding carboxylic acids is 3. The summed E-state index contributed by atoms with van der Waals surface area (Å²) in [7, 11) is 0. The molecule has 2 atom stereocenters. The fourth-order valence-corrected chi connectivity index (χ4v) is 2.00. The molecule has 2 unspecified atom stereocenters. The highest BCUT2D eigenvalue weighted by atomic mass is 16.2. The maximum Gasteiger partial charge on any atom is 0.249 e. The van der Waals surface area contributed by atoms with Gasteiger partial charge in [0.1, 0.15) is 6.04 Å². The van der Waals surface area contributed by atoms with Gasteiger partial charge in [0.05, 0.1) is 5.92 Å². The minimum Gasteiger partial charge on any atom is -0.344 e. The first-order valence-electron chi connectivity index (χ1n) is 6.28. The molecule has 0 aromatic carbocycles. The lowest BCUT2D eigenvalue weighted by Gasteiger charge is -2.24. The van der Waals surface area contributed by atoms with Crippen LogP contribution in [0, 0.1) is 11.8 Å². The molecule has 6 nitrogen and oxygen atoms in total. The molecule has 102 valence electrons. The second-order valence-corrected chi connectivity index (χ2v) is 5.07. The molecule has 0 radical (unpaired) electrons. The number of amides is 3. The minimum absolute atomic E-state index is 0.208. The Morgan fingerprint density at radius 1 is 1.50 bits per heavy atom. The Kier molecular flexibility index (Phi) is 5.27. The first kappa shape index (κ1) is 14.6. The zero-order valence-corrected chi connectivity index (χ0v) is 10.9. The second-order valence-electron chi connectivity index (χ2n) is 5.07. The van der Waals surface area contributed by atoms with Gasteiger partial charge in [-0.25, -0.2) is 0 Å². The van der Waals surface area contributed by atoms with E-state index in [9.17, 15) is 14.4 Å². The van der Waals surface area contributed by atoms with Gasteiger partial charge in [-0.2, -0.15) is 0 Å². The van der Waals surface area contributed by atoms with Crippen LogP contribution in [0.2, 0.25) is 0 Å². The molecule has 1 heterocycles. The first-order valence-corrected chi connectivity index (χ1v) is 6.28. The van der Waals surface area contributed by atoms with Crippen LogP contribution in [0.25, 0.3) is 0 Å². The summed E-state index contributed by atoms with van der Waals surface area (Å²) in [6.45, 7) is 4.29. The number of rotatable bonds is 5. The smallest absolute Gasteiger partial charge is 0.249 e. The molecule has 0 bridgehead atoms. The quantitative estimate of drug-likeness (QED) is 0.578. The van der Waals surface area contributed by atoms with Crippen molar-refractivity contribution in [2.24, 2.45) is 17.6 Å². The van der Waals surface area contributed by atoms with Crippen LogP contribution in [0.5, 0.6) is 0 Å². The van der Waals surface area contributed by atoms with E-state index in [1.807, 2.05) is 13.8 Å². The summed E-state index contributed by atoms with van der Waals surface area (Å²) in [4.78, 5) is 34.4. The van der Waals surface area contributed by atoms with E-state index in [-0.39, 0.29) is 30.7 Å². The number of piperidine rings is 1. The van der Waals surface area contributed by atoms with E-state index >= 15 is 0 Å². The van der Waals surface area contributed by atoms with E-state index in [0.717, 1.165) is 0 Å². The molecule has 1 saturated heterocycles. The SMILES string of the molecule is CC(C)CC(CN)C(=O)NC1CCC(=O)NC1=O. The summed E-state index contributed by atoms with van der Waals surface area (Å²) >= 11 is 0. The van der Waals surface area contributed by atoms with Gasteiger partial charge in [-0.15, -0.1) is 0 Å². The molecule has 1 aliphatic rings. The number of hydrogen-bond donors (Lipinski definition) is 3. The number of nitrogens with one attached hydrogen (secondary N) is 2. The fourth-order valence-electron chi connectivity index (χ4n) is 2.00. The Labute approximate surface area is 107 Å². The Bertz CT molecular complexity index is 341. The summed E-state index contributed by atoms with van der Waals surface area (Å²) in [5.41, 5.74) is 5.57. The predicted octanol–water partition coefficient (Wildman–Crippen LogP) is -0.471. The molecule has 1 fully saturated rings. The highest BCUT2D eigenvalue weighted by molar-refractivity contribution is 6.01. The van der Waals surface area contributed by atoms with Gasteiger partial charge < -0.3 is 11.1 Å². The van der Waals surface area contributed by atoms with Crippen LogP contribution in [0.15, 0.2) is 0 Å². The third-order valence-electron chi connectivity index (χ3n) is 2.97. The minimum atomic E-state index is -0.614. The predicted molar refractivity (Wildman–Crippen MR) is 66.3 cm³/mol. The van der Waals surface area contributed by atoms with Gasteiger partial charge in [-0.1, -0.05) is 13.8 Å². The number of hydrogen-bond acceptors (Lipinski definition) is 4. The highest BCUT2D eigenvalue weighted by Gasteiger charge is 2.29. The van der Waals surface area contributed by atoms with Gasteiger partial charge in [-0.3, -0.25) is 19.7 Å². The second kappa shape index (κ2) is 6.49. The van der Waals surface area contributed by atoms with Gasteiger partial charge in [-0.05, 0) is 18.8 Å². The number of imide groups is 1. The Morgan fingerprint density at radius 3 is 2.67 bits per heavy atom. The zero-order chi connectivity index (χ0) is 13.7. The Morgan fingerprint density at radius 2 is 2.17 bits per heavy atom. The lowest BCUT2D eigenvalue weighted by atomic mass is 9.95.